The van der Waals surface area contributed by atoms with Crippen molar-refractivity contribution >= 4 is 11.9 Å². The fraction of sp³-hybridized carbons (Fsp3) is 0.500. The number of carbonyl (C=O) groups is 2. The molecule has 128 valence electrons. The number of alkyl halides is 1. The van der Waals surface area contributed by atoms with Crippen LogP contribution < -0.4 is 5.32 Å². The maximum atomic E-state index is 13.7. The molecule has 0 fully saturated rings. The van der Waals surface area contributed by atoms with Crippen LogP contribution >= 0.6 is 0 Å². The number of hydrogen-bond donors (Lipinski definition) is 3. The Balaban J connectivity index is 2.96. The van der Waals surface area contributed by atoms with E-state index in [0.29, 0.717) is 5.56 Å². The molecule has 1 unspecified atom stereocenters. The van der Waals surface area contributed by atoms with Gasteiger partial charge in [0.25, 0.3) is 5.91 Å². The van der Waals surface area contributed by atoms with Gasteiger partial charge in [-0.2, -0.15) is 0 Å². The van der Waals surface area contributed by atoms with Gasteiger partial charge >= 0.3 is 5.97 Å². The molecule has 0 bridgehead atoms. The van der Waals surface area contributed by atoms with Gasteiger partial charge in [-0.3, -0.25) is 4.79 Å². The second kappa shape index (κ2) is 7.30. The molecule has 0 aromatic heterocycles. The lowest BCUT2D eigenvalue weighted by molar-refractivity contribution is -0.152. The van der Waals surface area contributed by atoms with Gasteiger partial charge in [0.05, 0.1) is 6.10 Å². The van der Waals surface area contributed by atoms with Crippen LogP contribution in [0, 0.1) is 0 Å². The molecule has 0 saturated heterocycles. The van der Waals surface area contributed by atoms with Gasteiger partial charge in [-0.05, 0) is 45.4 Å². The van der Waals surface area contributed by atoms with Crippen molar-refractivity contribution in [3.8, 4) is 11.5 Å². The SMILES string of the molecule is CC(C)OC(=O)C(Cc1ccc(O)c(O)c1)NC(=O)C(C)(C)F. The molecule has 1 amide bonds. The third kappa shape index (κ3) is 5.77. The highest BCUT2D eigenvalue weighted by molar-refractivity contribution is 5.89. The first-order chi connectivity index (χ1) is 10.5. The molecule has 0 saturated carbocycles. The Bertz CT molecular complexity index is 580. The molecule has 1 atom stereocenters. The first-order valence-electron chi connectivity index (χ1n) is 7.22. The van der Waals surface area contributed by atoms with Crippen LogP contribution in [-0.2, 0) is 20.7 Å². The molecule has 0 radical (unpaired) electrons. The average molecular weight is 327 g/mol. The van der Waals surface area contributed by atoms with E-state index >= 15 is 0 Å². The van der Waals surface area contributed by atoms with E-state index in [1.54, 1.807) is 13.8 Å². The van der Waals surface area contributed by atoms with Crippen LogP contribution in [0.5, 0.6) is 11.5 Å². The van der Waals surface area contributed by atoms with Crippen molar-refractivity contribution in [2.45, 2.75) is 51.9 Å². The highest BCUT2D eigenvalue weighted by Gasteiger charge is 2.32. The molecular weight excluding hydrogens is 305 g/mol. The van der Waals surface area contributed by atoms with Crippen LogP contribution in [0.15, 0.2) is 18.2 Å². The zero-order chi connectivity index (χ0) is 17.8. The Labute approximate surface area is 134 Å². The summed E-state index contributed by atoms with van der Waals surface area (Å²) in [5.74, 6) is -2.30. The van der Waals surface area contributed by atoms with Crippen molar-refractivity contribution in [2.75, 3.05) is 0 Å². The fourth-order valence-corrected chi connectivity index (χ4v) is 1.77. The number of esters is 1. The molecular formula is C16H22FNO5. The lowest BCUT2D eigenvalue weighted by Gasteiger charge is -2.22. The van der Waals surface area contributed by atoms with Gasteiger partial charge < -0.3 is 20.3 Å². The van der Waals surface area contributed by atoms with Gasteiger partial charge in [-0.1, -0.05) is 6.07 Å². The Hall–Kier alpha value is -2.31. The third-order valence-corrected chi connectivity index (χ3v) is 2.96. The lowest BCUT2D eigenvalue weighted by Crippen LogP contribution is -2.49. The Morgan fingerprint density at radius 1 is 1.26 bits per heavy atom. The maximum absolute atomic E-state index is 13.7. The average Bonchev–Trinajstić information content (AvgIpc) is 2.40. The minimum Gasteiger partial charge on any atom is -0.504 e. The van der Waals surface area contributed by atoms with Crippen LogP contribution in [-0.4, -0.2) is 39.9 Å². The lowest BCUT2D eigenvalue weighted by atomic mass is 10.0. The van der Waals surface area contributed by atoms with E-state index in [1.807, 2.05) is 0 Å². The minimum absolute atomic E-state index is 0.0127. The Morgan fingerprint density at radius 3 is 2.35 bits per heavy atom. The zero-order valence-electron chi connectivity index (χ0n) is 13.6. The number of phenols is 2. The van der Waals surface area contributed by atoms with Gasteiger partial charge in [0, 0.05) is 6.42 Å². The summed E-state index contributed by atoms with van der Waals surface area (Å²) in [4.78, 5) is 23.9. The number of phenolic OH excluding ortho intramolecular Hbond substituents is 2. The molecule has 23 heavy (non-hydrogen) atoms. The highest BCUT2D eigenvalue weighted by Crippen LogP contribution is 2.25. The van der Waals surface area contributed by atoms with E-state index in [4.69, 9.17) is 4.74 Å². The van der Waals surface area contributed by atoms with E-state index in [2.05, 4.69) is 5.32 Å². The van der Waals surface area contributed by atoms with E-state index in [1.165, 1.54) is 18.2 Å². The minimum atomic E-state index is -2.15. The molecule has 3 N–H and O–H groups in total. The van der Waals surface area contributed by atoms with Crippen molar-refractivity contribution in [3.63, 3.8) is 0 Å². The molecule has 0 aliphatic heterocycles. The molecule has 1 aromatic rings. The predicted molar refractivity (Wildman–Crippen MR) is 81.8 cm³/mol. The number of carbonyl (C=O) groups excluding carboxylic acids is 2. The number of nitrogens with one attached hydrogen (secondary N) is 1. The van der Waals surface area contributed by atoms with Gasteiger partial charge in [0.1, 0.15) is 6.04 Å². The standard InChI is InChI=1S/C16H22FNO5/c1-9(2)23-14(21)11(18-15(22)16(3,4)17)7-10-5-6-12(19)13(20)8-10/h5-6,8-9,11,19-20H,7H2,1-4H3,(H,18,22). The summed E-state index contributed by atoms with van der Waals surface area (Å²) >= 11 is 0. The molecule has 1 aromatic carbocycles. The molecule has 0 aliphatic carbocycles. The quantitative estimate of drug-likeness (QED) is 0.547. The van der Waals surface area contributed by atoms with Crippen LogP contribution in [0.25, 0.3) is 0 Å². The number of ether oxygens (including phenoxy) is 1. The monoisotopic (exact) mass is 327 g/mol. The summed E-state index contributed by atoms with van der Waals surface area (Å²) in [6, 6.07) is 2.90. The smallest absolute Gasteiger partial charge is 0.329 e. The molecule has 0 spiro atoms. The fourth-order valence-electron chi connectivity index (χ4n) is 1.77. The second-order valence-corrected chi connectivity index (χ2v) is 6.01. The van der Waals surface area contributed by atoms with Crippen molar-refractivity contribution in [1.29, 1.82) is 0 Å². The first kappa shape index (κ1) is 18.7. The molecule has 0 heterocycles. The number of halogens is 1. The Morgan fingerprint density at radius 2 is 1.87 bits per heavy atom. The van der Waals surface area contributed by atoms with Crippen LogP contribution in [0.3, 0.4) is 0 Å². The number of benzene rings is 1. The van der Waals surface area contributed by atoms with E-state index in [0.717, 1.165) is 13.8 Å². The van der Waals surface area contributed by atoms with E-state index in [-0.39, 0.29) is 17.9 Å². The van der Waals surface area contributed by atoms with Crippen molar-refractivity contribution in [2.24, 2.45) is 0 Å². The molecule has 0 aliphatic rings. The molecule has 1 rings (SSSR count). The number of rotatable bonds is 6. The van der Waals surface area contributed by atoms with Gasteiger partial charge in [-0.15, -0.1) is 0 Å². The summed E-state index contributed by atoms with van der Waals surface area (Å²) in [5, 5.41) is 21.1. The maximum Gasteiger partial charge on any atom is 0.329 e. The number of amides is 1. The molecule has 6 nitrogen and oxygen atoms in total. The van der Waals surface area contributed by atoms with Crippen LogP contribution in [0.2, 0.25) is 0 Å². The summed E-state index contributed by atoms with van der Waals surface area (Å²) < 4.78 is 18.8. The third-order valence-electron chi connectivity index (χ3n) is 2.96. The predicted octanol–water partition coefficient (Wildman–Crippen LogP) is 1.82. The van der Waals surface area contributed by atoms with Gasteiger partial charge in [-0.25, -0.2) is 9.18 Å². The largest absolute Gasteiger partial charge is 0.504 e. The topological polar surface area (TPSA) is 95.9 Å². The van der Waals surface area contributed by atoms with Crippen molar-refractivity contribution < 1.29 is 28.9 Å². The summed E-state index contributed by atoms with van der Waals surface area (Å²) in [6.07, 6.45) is -0.408. The van der Waals surface area contributed by atoms with Crippen LogP contribution in [0.1, 0.15) is 33.3 Å². The number of hydrogen-bond acceptors (Lipinski definition) is 5. The van der Waals surface area contributed by atoms with Crippen molar-refractivity contribution in [3.05, 3.63) is 23.8 Å². The van der Waals surface area contributed by atoms with E-state index in [9.17, 15) is 24.2 Å². The summed E-state index contributed by atoms with van der Waals surface area (Å²) in [6.45, 7) is 5.48. The van der Waals surface area contributed by atoms with E-state index < -0.39 is 29.7 Å². The Kier molecular flexibility index (Phi) is 5.95. The summed E-state index contributed by atoms with van der Waals surface area (Å²) in [7, 11) is 0. The van der Waals surface area contributed by atoms with Gasteiger partial charge in [0.15, 0.2) is 17.2 Å². The van der Waals surface area contributed by atoms with Crippen molar-refractivity contribution in [1.82, 2.24) is 5.32 Å². The summed E-state index contributed by atoms with van der Waals surface area (Å²) in [5.41, 5.74) is -1.67. The molecule has 7 heteroatoms. The zero-order valence-corrected chi connectivity index (χ0v) is 13.6. The first-order valence-corrected chi connectivity index (χ1v) is 7.22. The highest BCUT2D eigenvalue weighted by atomic mass is 19.1. The van der Waals surface area contributed by atoms with Gasteiger partial charge in [0.2, 0.25) is 0 Å². The second-order valence-electron chi connectivity index (χ2n) is 6.01. The van der Waals surface area contributed by atoms with Crippen LogP contribution in [0.4, 0.5) is 4.39 Å². The number of aromatic hydroxyl groups is 2. The normalized spacial score (nSPS) is 12.8.